The van der Waals surface area contributed by atoms with Crippen molar-refractivity contribution in [3.05, 3.63) is 58.3 Å². The Morgan fingerprint density at radius 1 is 1.32 bits per heavy atom. The van der Waals surface area contributed by atoms with E-state index >= 15 is 0 Å². The average Bonchev–Trinajstić information content (AvgIpc) is 3.38. The summed E-state index contributed by atoms with van der Waals surface area (Å²) >= 11 is 5.80. The number of hydrogen-bond acceptors (Lipinski definition) is 5. The Balaban J connectivity index is 1.52. The minimum Gasteiger partial charge on any atom is -0.388 e. The molecule has 0 radical (unpaired) electrons. The summed E-state index contributed by atoms with van der Waals surface area (Å²) in [6.07, 6.45) is 4.05. The van der Waals surface area contributed by atoms with Gasteiger partial charge in [0.1, 0.15) is 11.5 Å². The lowest BCUT2D eigenvalue weighted by atomic mass is 10.1. The quantitative estimate of drug-likeness (QED) is 0.663. The number of hydrogen-bond donors (Lipinski definition) is 1. The maximum absolute atomic E-state index is 13.4. The van der Waals surface area contributed by atoms with Gasteiger partial charge in [-0.3, -0.25) is 9.48 Å². The Morgan fingerprint density at radius 3 is 2.77 bits per heavy atom. The van der Waals surface area contributed by atoms with Crippen LogP contribution in [-0.2, 0) is 20.5 Å². The first-order valence-electron chi connectivity index (χ1n) is 9.50. The molecule has 1 N–H and O–H groups in total. The van der Waals surface area contributed by atoms with Crippen molar-refractivity contribution < 1.29 is 18.7 Å². The number of aryl methyl sites for hydroxylation is 2. The van der Waals surface area contributed by atoms with Gasteiger partial charge in [0.2, 0.25) is 0 Å². The number of fused-ring (bicyclic) bond motifs is 1. The lowest BCUT2D eigenvalue weighted by Gasteiger charge is -2.23. The average molecular weight is 447 g/mol. The molecule has 1 aromatic carbocycles. The number of aromatic nitrogens is 4. The number of rotatable bonds is 4. The molecule has 4 rings (SSSR count). The van der Waals surface area contributed by atoms with E-state index < -0.39 is 11.9 Å². The van der Waals surface area contributed by atoms with E-state index in [4.69, 9.17) is 16.3 Å². The molecule has 0 saturated heterocycles. The fourth-order valence-corrected chi connectivity index (χ4v) is 3.99. The molecule has 31 heavy (non-hydrogen) atoms. The summed E-state index contributed by atoms with van der Waals surface area (Å²) in [5.74, 6) is -0.779. The van der Waals surface area contributed by atoms with E-state index in [1.54, 1.807) is 25.7 Å². The zero-order valence-corrected chi connectivity index (χ0v) is 17.9. The fraction of sp³-hybridized carbons (Fsp3) is 0.300. The van der Waals surface area contributed by atoms with Crippen LogP contribution in [0.5, 0.6) is 5.88 Å². The van der Waals surface area contributed by atoms with E-state index in [1.807, 2.05) is 6.20 Å². The van der Waals surface area contributed by atoms with Gasteiger partial charge in [0.15, 0.2) is 0 Å². The fourth-order valence-electron chi connectivity index (χ4n) is 3.81. The van der Waals surface area contributed by atoms with Crippen molar-refractivity contribution in [2.75, 3.05) is 12.4 Å². The smallest absolute Gasteiger partial charge is 0.388 e. The molecule has 0 saturated carbocycles. The molecule has 2 heterocycles. The number of anilines is 1. The molecule has 9 nitrogen and oxygen atoms in total. The number of carbonyl (C=O) groups is 2. The van der Waals surface area contributed by atoms with E-state index in [-0.39, 0.29) is 22.9 Å². The summed E-state index contributed by atoms with van der Waals surface area (Å²) < 4.78 is 21.8. The van der Waals surface area contributed by atoms with Crippen molar-refractivity contribution in [1.82, 2.24) is 24.5 Å². The third-order valence-electron chi connectivity index (χ3n) is 5.27. The maximum Gasteiger partial charge on any atom is 0.416 e. The lowest BCUT2D eigenvalue weighted by Crippen LogP contribution is -2.32. The van der Waals surface area contributed by atoms with Crippen LogP contribution in [-0.4, -0.2) is 43.5 Å². The van der Waals surface area contributed by atoms with Crippen LogP contribution in [0.3, 0.4) is 0 Å². The Labute approximate surface area is 182 Å². The minimum absolute atomic E-state index is 0.0711. The third-order valence-corrected chi connectivity index (χ3v) is 5.56. The highest BCUT2D eigenvalue weighted by Crippen LogP contribution is 2.38. The summed E-state index contributed by atoms with van der Waals surface area (Å²) in [7, 11) is 5.08. The second kappa shape index (κ2) is 8.03. The molecular weight excluding hydrogens is 427 g/mol. The van der Waals surface area contributed by atoms with Crippen molar-refractivity contribution >= 4 is 29.3 Å². The molecule has 2 aromatic heterocycles. The Morgan fingerprint density at radius 2 is 2.10 bits per heavy atom. The lowest BCUT2D eigenvalue weighted by molar-refractivity contribution is 0.101. The molecular formula is C20H20ClFN6O3. The van der Waals surface area contributed by atoms with Gasteiger partial charge in [-0.25, -0.2) is 9.18 Å². The highest BCUT2D eigenvalue weighted by Gasteiger charge is 2.35. The number of halogens is 2. The zero-order chi connectivity index (χ0) is 22.3. The van der Waals surface area contributed by atoms with Crippen molar-refractivity contribution in [2.24, 2.45) is 14.1 Å². The van der Waals surface area contributed by atoms with Gasteiger partial charge in [-0.1, -0.05) is 21.9 Å². The molecule has 1 unspecified atom stereocenters. The highest BCUT2D eigenvalue weighted by molar-refractivity contribution is 6.31. The molecule has 0 bridgehead atoms. The molecule has 1 aliphatic carbocycles. The van der Waals surface area contributed by atoms with Crippen LogP contribution >= 0.6 is 11.6 Å². The first kappa shape index (κ1) is 20.9. The van der Waals surface area contributed by atoms with Crippen LogP contribution in [0, 0.1) is 5.82 Å². The Kier molecular flexibility index (Phi) is 5.40. The van der Waals surface area contributed by atoms with E-state index in [9.17, 15) is 14.0 Å². The van der Waals surface area contributed by atoms with Crippen molar-refractivity contribution in [3.8, 4) is 5.88 Å². The first-order chi connectivity index (χ1) is 14.7. The molecule has 1 aliphatic rings. The second-order valence-electron chi connectivity index (χ2n) is 7.37. The van der Waals surface area contributed by atoms with Crippen LogP contribution < -0.4 is 10.1 Å². The van der Waals surface area contributed by atoms with E-state index in [1.165, 1.54) is 34.0 Å². The van der Waals surface area contributed by atoms with Gasteiger partial charge in [0, 0.05) is 33.0 Å². The summed E-state index contributed by atoms with van der Waals surface area (Å²) in [5, 5.41) is 10.2. The SMILES string of the molecule is CN(C(=O)Oc1cn(C)nn1)C1CCc2c1cn(C)c2C(=O)Nc1ccc(F)c(Cl)c1. The largest absolute Gasteiger partial charge is 0.416 e. The van der Waals surface area contributed by atoms with Crippen molar-refractivity contribution in [2.45, 2.75) is 18.9 Å². The molecule has 1 atom stereocenters. The van der Waals surface area contributed by atoms with Gasteiger partial charge in [-0.05, 0) is 42.2 Å². The second-order valence-corrected chi connectivity index (χ2v) is 7.78. The van der Waals surface area contributed by atoms with Crippen LogP contribution in [0.15, 0.2) is 30.6 Å². The van der Waals surface area contributed by atoms with E-state index in [0.29, 0.717) is 24.2 Å². The van der Waals surface area contributed by atoms with E-state index in [2.05, 4.69) is 15.6 Å². The predicted octanol–water partition coefficient (Wildman–Crippen LogP) is 3.32. The van der Waals surface area contributed by atoms with Gasteiger partial charge >= 0.3 is 6.09 Å². The zero-order valence-electron chi connectivity index (χ0n) is 17.1. The summed E-state index contributed by atoms with van der Waals surface area (Å²) in [6.45, 7) is 0. The number of ether oxygens (including phenoxy) is 1. The van der Waals surface area contributed by atoms with Crippen LogP contribution in [0.1, 0.15) is 34.1 Å². The molecule has 3 aromatic rings. The minimum atomic E-state index is -0.561. The van der Waals surface area contributed by atoms with Gasteiger partial charge in [0.05, 0.1) is 17.3 Å². The first-order valence-corrected chi connectivity index (χ1v) is 9.88. The maximum atomic E-state index is 13.4. The number of amides is 2. The number of nitrogens with zero attached hydrogens (tertiary/aromatic N) is 5. The normalized spacial score (nSPS) is 14.9. The summed E-state index contributed by atoms with van der Waals surface area (Å²) in [4.78, 5) is 26.9. The molecule has 0 aliphatic heterocycles. The predicted molar refractivity (Wildman–Crippen MR) is 111 cm³/mol. The molecule has 0 spiro atoms. The van der Waals surface area contributed by atoms with Crippen molar-refractivity contribution in [1.29, 1.82) is 0 Å². The molecule has 2 amide bonds. The molecule has 162 valence electrons. The number of benzene rings is 1. The van der Waals surface area contributed by atoms with Crippen LogP contribution in [0.25, 0.3) is 0 Å². The summed E-state index contributed by atoms with van der Waals surface area (Å²) in [6, 6.07) is 3.76. The van der Waals surface area contributed by atoms with Crippen molar-refractivity contribution in [3.63, 3.8) is 0 Å². The van der Waals surface area contributed by atoms with Gasteiger partial charge in [-0.2, -0.15) is 0 Å². The molecule has 0 fully saturated rings. The topological polar surface area (TPSA) is 94.3 Å². The number of nitrogens with one attached hydrogen (secondary N) is 1. The number of carbonyl (C=O) groups excluding carboxylic acids is 2. The highest BCUT2D eigenvalue weighted by atomic mass is 35.5. The van der Waals surface area contributed by atoms with Crippen LogP contribution in [0.2, 0.25) is 5.02 Å². The summed E-state index contributed by atoms with van der Waals surface area (Å²) in [5.41, 5.74) is 2.61. The van der Waals surface area contributed by atoms with Gasteiger partial charge in [0.25, 0.3) is 11.8 Å². The standard InChI is InChI=1S/C20H20ClFN6O3/c1-26-9-13-12(18(26)19(29)23-11-4-6-15(22)14(21)8-11)5-7-16(13)28(3)20(30)31-17-10-27(2)25-24-17/h4,6,8-10,16H,5,7H2,1-3H3,(H,23,29). The van der Waals surface area contributed by atoms with E-state index in [0.717, 1.165) is 11.1 Å². The Bertz CT molecular complexity index is 1170. The van der Waals surface area contributed by atoms with Crippen LogP contribution in [0.4, 0.5) is 14.9 Å². The Hall–Kier alpha value is -3.40. The molecule has 11 heteroatoms. The van der Waals surface area contributed by atoms with Gasteiger partial charge in [-0.15, -0.1) is 0 Å². The van der Waals surface area contributed by atoms with Gasteiger partial charge < -0.3 is 19.5 Å². The third kappa shape index (κ3) is 3.98. The monoisotopic (exact) mass is 446 g/mol.